The lowest BCUT2D eigenvalue weighted by Gasteiger charge is -2.36. The first-order valence-corrected chi connectivity index (χ1v) is 8.13. The number of nitrogens with two attached hydrogens (primary N) is 1. The molecule has 0 saturated carbocycles. The molecule has 1 fully saturated rings. The molecule has 2 aliphatic heterocycles. The van der Waals surface area contributed by atoms with E-state index in [4.69, 9.17) is 19.9 Å². The molecule has 0 aliphatic carbocycles. The van der Waals surface area contributed by atoms with E-state index < -0.39 is 0 Å². The van der Waals surface area contributed by atoms with Gasteiger partial charge >= 0.3 is 0 Å². The van der Waals surface area contributed by atoms with Crippen LogP contribution in [0.25, 0.3) is 0 Å². The van der Waals surface area contributed by atoms with Gasteiger partial charge in [0.1, 0.15) is 0 Å². The molecule has 0 amide bonds. The highest BCUT2D eigenvalue weighted by Crippen LogP contribution is 2.41. The second-order valence-corrected chi connectivity index (χ2v) is 6.46. The van der Waals surface area contributed by atoms with Gasteiger partial charge in [-0.1, -0.05) is 6.07 Å². The van der Waals surface area contributed by atoms with E-state index in [1.165, 1.54) is 5.56 Å². The second-order valence-electron chi connectivity index (χ2n) is 6.46. The smallest absolute Gasteiger partial charge is 0.231 e. The number of fused-ring (bicyclic) bond motifs is 1. The quantitative estimate of drug-likeness (QED) is 0.653. The number of hydrogen-bond donors (Lipinski definition) is 2. The minimum atomic E-state index is -0.0670. The van der Waals surface area contributed by atoms with Crippen molar-refractivity contribution in [1.82, 2.24) is 5.32 Å². The molecule has 126 valence electrons. The maximum Gasteiger partial charge on any atom is 0.231 e. The molecule has 0 radical (unpaired) electrons. The molecule has 1 aromatic rings. The van der Waals surface area contributed by atoms with Gasteiger partial charge in [0, 0.05) is 24.7 Å². The zero-order valence-electron chi connectivity index (χ0n) is 13.8. The van der Waals surface area contributed by atoms with Crippen molar-refractivity contribution >= 4 is 5.96 Å². The summed E-state index contributed by atoms with van der Waals surface area (Å²) in [5, 5.41) is 3.14. The summed E-state index contributed by atoms with van der Waals surface area (Å²) in [6, 6.07) is 6.44. The zero-order chi connectivity index (χ0) is 16.3. The van der Waals surface area contributed by atoms with Gasteiger partial charge in [-0.3, -0.25) is 4.99 Å². The predicted molar refractivity (Wildman–Crippen MR) is 89.1 cm³/mol. The molecule has 3 N–H and O–H groups in total. The first-order chi connectivity index (χ1) is 11.1. The molecule has 2 aliphatic rings. The predicted octanol–water partition coefficient (Wildman–Crippen LogP) is 1.78. The van der Waals surface area contributed by atoms with E-state index >= 15 is 0 Å². The van der Waals surface area contributed by atoms with Crippen molar-refractivity contribution in [3.63, 3.8) is 0 Å². The third kappa shape index (κ3) is 3.52. The lowest BCUT2D eigenvalue weighted by Crippen LogP contribution is -2.40. The molecule has 0 spiro atoms. The van der Waals surface area contributed by atoms with Crippen LogP contribution in [-0.2, 0) is 10.2 Å². The molecule has 0 aromatic heterocycles. The van der Waals surface area contributed by atoms with Gasteiger partial charge in [0.2, 0.25) is 6.79 Å². The highest BCUT2D eigenvalue weighted by atomic mass is 16.7. The SMILES string of the molecule is CC(C)NC(N)=NCC1(c2ccc3c(c2)OCO3)CCOCC1. The summed E-state index contributed by atoms with van der Waals surface area (Å²) in [4.78, 5) is 4.59. The average molecular weight is 319 g/mol. The van der Waals surface area contributed by atoms with Crippen LogP contribution in [-0.4, -0.2) is 38.6 Å². The van der Waals surface area contributed by atoms with Crippen LogP contribution in [0.3, 0.4) is 0 Å². The fraction of sp³-hybridized carbons (Fsp3) is 0.588. The molecule has 6 nitrogen and oxygen atoms in total. The summed E-state index contributed by atoms with van der Waals surface area (Å²) in [7, 11) is 0. The molecule has 6 heteroatoms. The van der Waals surface area contributed by atoms with Crippen molar-refractivity contribution < 1.29 is 14.2 Å². The molecule has 1 aromatic carbocycles. The molecule has 23 heavy (non-hydrogen) atoms. The fourth-order valence-corrected chi connectivity index (χ4v) is 3.10. The van der Waals surface area contributed by atoms with Crippen LogP contribution in [0.15, 0.2) is 23.2 Å². The first-order valence-electron chi connectivity index (χ1n) is 8.13. The van der Waals surface area contributed by atoms with E-state index in [0.29, 0.717) is 12.5 Å². The summed E-state index contributed by atoms with van der Waals surface area (Å²) in [6.07, 6.45) is 1.84. The van der Waals surface area contributed by atoms with Gasteiger partial charge < -0.3 is 25.3 Å². The summed E-state index contributed by atoms with van der Waals surface area (Å²) in [5.74, 6) is 2.11. The number of nitrogens with one attached hydrogen (secondary N) is 1. The lowest BCUT2D eigenvalue weighted by atomic mass is 9.74. The number of hydrogen-bond acceptors (Lipinski definition) is 4. The third-order valence-corrected chi connectivity index (χ3v) is 4.42. The van der Waals surface area contributed by atoms with Gasteiger partial charge in [0.25, 0.3) is 0 Å². The molecular weight excluding hydrogens is 294 g/mol. The third-order valence-electron chi connectivity index (χ3n) is 4.42. The summed E-state index contributed by atoms with van der Waals surface area (Å²) < 4.78 is 16.5. The van der Waals surface area contributed by atoms with Crippen molar-refractivity contribution in [3.05, 3.63) is 23.8 Å². The van der Waals surface area contributed by atoms with E-state index in [2.05, 4.69) is 22.4 Å². The van der Waals surface area contributed by atoms with E-state index in [1.54, 1.807) is 0 Å². The molecule has 0 bridgehead atoms. The Hall–Kier alpha value is -1.95. The van der Waals surface area contributed by atoms with E-state index in [1.807, 2.05) is 19.9 Å². The molecule has 3 rings (SSSR count). The van der Waals surface area contributed by atoms with E-state index in [0.717, 1.165) is 37.6 Å². The van der Waals surface area contributed by atoms with Crippen LogP contribution in [0.5, 0.6) is 11.5 Å². The Morgan fingerprint density at radius 1 is 1.26 bits per heavy atom. The van der Waals surface area contributed by atoms with E-state index in [9.17, 15) is 0 Å². The first kappa shape index (κ1) is 15.9. The van der Waals surface area contributed by atoms with Crippen LogP contribution in [0.4, 0.5) is 0 Å². The molecule has 0 unspecified atom stereocenters. The number of aliphatic imine (C=N–C) groups is 1. The highest BCUT2D eigenvalue weighted by Gasteiger charge is 2.35. The van der Waals surface area contributed by atoms with Crippen LogP contribution < -0.4 is 20.5 Å². The maximum atomic E-state index is 5.98. The Balaban J connectivity index is 1.84. The Morgan fingerprint density at radius 2 is 2.00 bits per heavy atom. The summed E-state index contributed by atoms with van der Waals surface area (Å²) in [6.45, 7) is 6.50. The van der Waals surface area contributed by atoms with Gasteiger partial charge in [-0.25, -0.2) is 0 Å². The van der Waals surface area contributed by atoms with Crippen molar-refractivity contribution in [1.29, 1.82) is 0 Å². The number of ether oxygens (including phenoxy) is 3. The van der Waals surface area contributed by atoms with Gasteiger partial charge in [-0.05, 0) is 44.4 Å². The number of rotatable bonds is 4. The zero-order valence-corrected chi connectivity index (χ0v) is 13.8. The number of nitrogens with zero attached hydrogens (tertiary/aromatic N) is 1. The minimum Gasteiger partial charge on any atom is -0.454 e. The fourth-order valence-electron chi connectivity index (χ4n) is 3.10. The normalized spacial score (nSPS) is 19.9. The van der Waals surface area contributed by atoms with Gasteiger partial charge in [-0.15, -0.1) is 0 Å². The van der Waals surface area contributed by atoms with Gasteiger partial charge in [0.05, 0.1) is 6.54 Å². The Labute approximate surface area is 137 Å². The van der Waals surface area contributed by atoms with Crippen molar-refractivity contribution in [3.8, 4) is 11.5 Å². The highest BCUT2D eigenvalue weighted by molar-refractivity contribution is 5.78. The topological polar surface area (TPSA) is 78.1 Å². The average Bonchev–Trinajstić information content (AvgIpc) is 3.01. The molecular formula is C17H25N3O3. The van der Waals surface area contributed by atoms with Gasteiger partial charge in [0.15, 0.2) is 17.5 Å². The Bertz CT molecular complexity index is 580. The monoisotopic (exact) mass is 319 g/mol. The lowest BCUT2D eigenvalue weighted by molar-refractivity contribution is 0.0530. The van der Waals surface area contributed by atoms with Crippen LogP contribution in [0.2, 0.25) is 0 Å². The molecule has 2 heterocycles. The minimum absolute atomic E-state index is 0.0670. The number of guanidine groups is 1. The van der Waals surface area contributed by atoms with Crippen molar-refractivity contribution in [2.24, 2.45) is 10.7 Å². The standard InChI is InChI=1S/C17H25N3O3/c1-12(2)20-16(18)19-10-17(5-7-21-8-6-17)13-3-4-14-15(9-13)23-11-22-14/h3-4,9,12H,5-8,10-11H2,1-2H3,(H3,18,19,20). The van der Waals surface area contributed by atoms with Crippen LogP contribution in [0.1, 0.15) is 32.3 Å². The molecule has 1 saturated heterocycles. The van der Waals surface area contributed by atoms with Crippen LogP contribution in [0, 0.1) is 0 Å². The number of benzene rings is 1. The Kier molecular flexibility index (Phi) is 4.61. The van der Waals surface area contributed by atoms with Gasteiger partial charge in [-0.2, -0.15) is 0 Å². The summed E-state index contributed by atoms with van der Waals surface area (Å²) in [5.41, 5.74) is 7.13. The van der Waals surface area contributed by atoms with Crippen molar-refractivity contribution in [2.45, 2.75) is 38.1 Å². The molecule has 0 atom stereocenters. The second kappa shape index (κ2) is 6.66. The van der Waals surface area contributed by atoms with E-state index in [-0.39, 0.29) is 18.2 Å². The maximum absolute atomic E-state index is 5.98. The largest absolute Gasteiger partial charge is 0.454 e. The van der Waals surface area contributed by atoms with Crippen LogP contribution >= 0.6 is 0 Å². The Morgan fingerprint density at radius 3 is 2.74 bits per heavy atom. The van der Waals surface area contributed by atoms with Crippen molar-refractivity contribution in [2.75, 3.05) is 26.6 Å². The summed E-state index contributed by atoms with van der Waals surface area (Å²) >= 11 is 0.